The summed E-state index contributed by atoms with van der Waals surface area (Å²) in [5.41, 5.74) is -1.62. The lowest BCUT2D eigenvalue weighted by atomic mass is 10.2. The molecule has 0 spiro atoms. The first-order chi connectivity index (χ1) is 13.2. The van der Waals surface area contributed by atoms with Crippen LogP contribution in [0, 0.1) is 6.92 Å². The van der Waals surface area contributed by atoms with Gasteiger partial charge in [0.15, 0.2) is 11.5 Å². The van der Waals surface area contributed by atoms with Crippen LogP contribution >= 0.6 is 23.2 Å². The molecular weight excluding hydrogens is 422 g/mol. The van der Waals surface area contributed by atoms with Crippen molar-refractivity contribution >= 4 is 34.8 Å². The molecule has 1 aromatic carbocycles. The highest BCUT2D eigenvalue weighted by atomic mass is 35.5. The van der Waals surface area contributed by atoms with E-state index in [9.17, 15) is 18.0 Å². The molecule has 0 saturated heterocycles. The molecule has 0 unspecified atom stereocenters. The number of amides is 1. The summed E-state index contributed by atoms with van der Waals surface area (Å²) >= 11 is 11.9. The van der Waals surface area contributed by atoms with Gasteiger partial charge in [-0.15, -0.1) is 0 Å². The quantitative estimate of drug-likeness (QED) is 0.559. The molecule has 28 heavy (non-hydrogen) atoms. The number of rotatable bonds is 5. The van der Waals surface area contributed by atoms with Gasteiger partial charge in [-0.05, 0) is 31.2 Å². The molecule has 3 rings (SSSR count). The molecule has 6 nitrogen and oxygen atoms in total. The summed E-state index contributed by atoms with van der Waals surface area (Å²) < 4.78 is 49.6. The molecule has 3 aromatic rings. The molecule has 0 aliphatic heterocycles. The number of furan rings is 1. The zero-order valence-electron chi connectivity index (χ0n) is 14.2. The van der Waals surface area contributed by atoms with E-state index in [1.54, 1.807) is 18.2 Å². The minimum Gasteiger partial charge on any atom is -0.484 e. The van der Waals surface area contributed by atoms with Crippen molar-refractivity contribution in [1.82, 2.24) is 10.2 Å². The van der Waals surface area contributed by atoms with Crippen molar-refractivity contribution in [2.75, 3.05) is 5.32 Å². The summed E-state index contributed by atoms with van der Waals surface area (Å²) in [6.07, 6.45) is -4.72. The largest absolute Gasteiger partial charge is 0.484 e. The van der Waals surface area contributed by atoms with Crippen LogP contribution in [0.25, 0.3) is 0 Å². The lowest BCUT2D eigenvalue weighted by molar-refractivity contribution is -0.140. The number of nitrogens with one attached hydrogen (secondary N) is 2. The molecule has 0 bridgehead atoms. The number of aromatic amines is 1. The van der Waals surface area contributed by atoms with Gasteiger partial charge in [0.25, 0.3) is 5.91 Å². The van der Waals surface area contributed by atoms with Gasteiger partial charge in [0.1, 0.15) is 23.1 Å². The van der Waals surface area contributed by atoms with Gasteiger partial charge >= 0.3 is 6.18 Å². The monoisotopic (exact) mass is 433 g/mol. The number of carbonyl (C=O) groups excluding carboxylic acids is 1. The molecule has 148 valence electrons. The minimum absolute atomic E-state index is 0.0615. The number of hydrogen-bond donors (Lipinski definition) is 2. The molecule has 2 heterocycles. The molecule has 0 radical (unpaired) electrons. The average Bonchev–Trinajstić information content (AvgIpc) is 3.23. The fraction of sp³-hybridized carbons (Fsp3) is 0.176. The number of anilines is 1. The molecule has 0 aliphatic rings. The third-order valence-corrected chi connectivity index (χ3v) is 4.43. The second kappa shape index (κ2) is 7.76. The van der Waals surface area contributed by atoms with Gasteiger partial charge in [0.2, 0.25) is 0 Å². The first kappa shape index (κ1) is 20.1. The fourth-order valence-electron chi connectivity index (χ4n) is 2.28. The van der Waals surface area contributed by atoms with Crippen molar-refractivity contribution in [2.45, 2.75) is 19.7 Å². The number of hydrogen-bond acceptors (Lipinski definition) is 4. The number of alkyl halides is 3. The summed E-state index contributed by atoms with van der Waals surface area (Å²) in [7, 11) is 0. The van der Waals surface area contributed by atoms with Crippen LogP contribution in [0.1, 0.15) is 27.7 Å². The summed E-state index contributed by atoms with van der Waals surface area (Å²) in [5, 5.41) is 8.07. The summed E-state index contributed by atoms with van der Waals surface area (Å²) in [5.74, 6) is -0.465. The number of aromatic nitrogens is 2. The Morgan fingerprint density at radius 2 is 2.04 bits per heavy atom. The normalized spacial score (nSPS) is 11.5. The first-order valence-corrected chi connectivity index (χ1v) is 8.51. The number of benzene rings is 1. The van der Waals surface area contributed by atoms with Crippen molar-refractivity contribution in [2.24, 2.45) is 0 Å². The van der Waals surface area contributed by atoms with E-state index in [0.717, 1.165) is 0 Å². The average molecular weight is 434 g/mol. The van der Waals surface area contributed by atoms with Gasteiger partial charge in [0, 0.05) is 0 Å². The Kier molecular flexibility index (Phi) is 5.57. The lowest BCUT2D eigenvalue weighted by Gasteiger charge is -2.08. The Balaban J connectivity index is 1.70. The number of carbonyl (C=O) groups is 1. The first-order valence-electron chi connectivity index (χ1n) is 7.76. The third kappa shape index (κ3) is 4.26. The van der Waals surface area contributed by atoms with E-state index in [4.69, 9.17) is 32.4 Å². The van der Waals surface area contributed by atoms with E-state index in [-0.39, 0.29) is 28.8 Å². The predicted octanol–water partition coefficient (Wildman–Crippen LogP) is 5.47. The second-order valence-corrected chi connectivity index (χ2v) is 6.42. The van der Waals surface area contributed by atoms with Crippen molar-refractivity contribution in [3.05, 3.63) is 63.3 Å². The summed E-state index contributed by atoms with van der Waals surface area (Å²) in [4.78, 5) is 12.2. The maximum atomic E-state index is 12.9. The second-order valence-electron chi connectivity index (χ2n) is 5.63. The van der Waals surface area contributed by atoms with Gasteiger partial charge in [-0.3, -0.25) is 9.89 Å². The summed E-state index contributed by atoms with van der Waals surface area (Å²) in [6, 6.07) is 7.62. The van der Waals surface area contributed by atoms with Gasteiger partial charge in [-0.2, -0.15) is 18.3 Å². The number of aryl methyl sites for hydroxylation is 1. The van der Waals surface area contributed by atoms with Gasteiger partial charge in [-0.25, -0.2) is 0 Å². The SMILES string of the molecule is Cc1[nH]nc(C(F)(F)F)c1NC(=O)c1ccc(COc2cccc(Cl)c2Cl)o1. The maximum absolute atomic E-state index is 12.9. The van der Waals surface area contributed by atoms with E-state index in [0.29, 0.717) is 10.8 Å². The van der Waals surface area contributed by atoms with Crippen LogP contribution in [0.2, 0.25) is 10.0 Å². The van der Waals surface area contributed by atoms with Crippen molar-refractivity contribution in [3.8, 4) is 5.75 Å². The van der Waals surface area contributed by atoms with E-state index in [2.05, 4.69) is 15.5 Å². The molecule has 0 fully saturated rings. The Bertz CT molecular complexity index is 1010. The van der Waals surface area contributed by atoms with Crippen LogP contribution in [0.5, 0.6) is 5.75 Å². The van der Waals surface area contributed by atoms with Crippen LogP contribution in [0.3, 0.4) is 0 Å². The van der Waals surface area contributed by atoms with Crippen LogP contribution in [-0.2, 0) is 12.8 Å². The zero-order valence-corrected chi connectivity index (χ0v) is 15.7. The van der Waals surface area contributed by atoms with Crippen LogP contribution in [-0.4, -0.2) is 16.1 Å². The topological polar surface area (TPSA) is 80.2 Å². The molecule has 11 heteroatoms. The smallest absolute Gasteiger partial charge is 0.437 e. The Morgan fingerprint density at radius 3 is 2.75 bits per heavy atom. The number of halogens is 5. The molecule has 0 saturated carbocycles. The van der Waals surface area contributed by atoms with Crippen LogP contribution < -0.4 is 10.1 Å². The number of H-pyrrole nitrogens is 1. The molecule has 0 aliphatic carbocycles. The lowest BCUT2D eigenvalue weighted by Crippen LogP contribution is -2.16. The molecule has 1 amide bonds. The highest BCUT2D eigenvalue weighted by molar-refractivity contribution is 6.42. The highest BCUT2D eigenvalue weighted by Gasteiger charge is 2.38. The Hall–Kier alpha value is -2.65. The van der Waals surface area contributed by atoms with Crippen LogP contribution in [0.15, 0.2) is 34.7 Å². The summed E-state index contributed by atoms with van der Waals surface area (Å²) in [6.45, 7) is 1.29. The number of ether oxygens (including phenoxy) is 1. The molecule has 0 atom stereocenters. The van der Waals surface area contributed by atoms with E-state index >= 15 is 0 Å². The Morgan fingerprint density at radius 1 is 1.29 bits per heavy atom. The Labute approximate surface area is 166 Å². The van der Waals surface area contributed by atoms with E-state index in [1.807, 2.05) is 0 Å². The maximum Gasteiger partial charge on any atom is 0.437 e. The van der Waals surface area contributed by atoms with Gasteiger partial charge < -0.3 is 14.5 Å². The van der Waals surface area contributed by atoms with Crippen LogP contribution in [0.4, 0.5) is 18.9 Å². The van der Waals surface area contributed by atoms with Crippen molar-refractivity contribution < 1.29 is 27.1 Å². The van der Waals surface area contributed by atoms with Crippen molar-refractivity contribution in [1.29, 1.82) is 0 Å². The number of nitrogens with zero attached hydrogens (tertiary/aromatic N) is 1. The zero-order chi connectivity index (χ0) is 20.5. The molecule has 2 aromatic heterocycles. The van der Waals surface area contributed by atoms with E-state index in [1.165, 1.54) is 19.1 Å². The molecule has 2 N–H and O–H groups in total. The minimum atomic E-state index is -4.72. The standard InChI is InChI=1S/C17H12Cl2F3N3O3/c1-8-14(15(25-24-8)17(20,21)22)23-16(26)12-6-5-9(28-12)7-27-11-4-2-3-10(18)13(11)19/h2-6H,7H2,1H3,(H,23,26)(H,24,25). The third-order valence-electron chi connectivity index (χ3n) is 3.63. The van der Waals surface area contributed by atoms with Crippen molar-refractivity contribution in [3.63, 3.8) is 0 Å². The van der Waals surface area contributed by atoms with Gasteiger partial charge in [-0.1, -0.05) is 29.3 Å². The van der Waals surface area contributed by atoms with E-state index < -0.39 is 23.5 Å². The highest BCUT2D eigenvalue weighted by Crippen LogP contribution is 2.35. The predicted molar refractivity (Wildman–Crippen MR) is 95.8 cm³/mol. The molecular formula is C17H12Cl2F3N3O3. The van der Waals surface area contributed by atoms with Gasteiger partial charge in [0.05, 0.1) is 16.4 Å². The fourth-order valence-corrected chi connectivity index (χ4v) is 2.63.